The van der Waals surface area contributed by atoms with Crippen LogP contribution in [-0.2, 0) is 22.5 Å². The molecule has 1 aromatic heterocycles. The van der Waals surface area contributed by atoms with Gasteiger partial charge in [-0.05, 0) is 51.5 Å². The summed E-state index contributed by atoms with van der Waals surface area (Å²) in [6.07, 6.45) is 11.5. The molecule has 0 aliphatic heterocycles. The smallest absolute Gasteiger partial charge is 0.408 e. The largest absolute Gasteiger partial charge is 0.444 e. The zero-order valence-electron chi connectivity index (χ0n) is 24.3. The van der Waals surface area contributed by atoms with E-state index in [4.69, 9.17) is 9.26 Å². The molecule has 212 valence electrons. The topological polar surface area (TPSA) is 106 Å². The second-order valence-electron chi connectivity index (χ2n) is 11.5. The molecular formula is C30H48N4O4. The zero-order chi connectivity index (χ0) is 28.0. The Hall–Kier alpha value is -2.90. The number of alkyl carbamates (subject to hydrolysis) is 1. The van der Waals surface area contributed by atoms with E-state index in [0.29, 0.717) is 18.1 Å². The second kappa shape index (κ2) is 16.1. The molecule has 8 heteroatoms. The van der Waals surface area contributed by atoms with Gasteiger partial charge in [-0.3, -0.25) is 4.79 Å². The Bertz CT molecular complexity index is 963. The van der Waals surface area contributed by atoms with E-state index in [2.05, 4.69) is 39.8 Å². The van der Waals surface area contributed by atoms with Crippen LogP contribution in [0.1, 0.15) is 111 Å². The fourth-order valence-electron chi connectivity index (χ4n) is 4.17. The maximum atomic E-state index is 12.8. The van der Waals surface area contributed by atoms with Crippen molar-refractivity contribution in [3.63, 3.8) is 0 Å². The minimum absolute atomic E-state index is 0.0763. The third-order valence-corrected chi connectivity index (χ3v) is 6.13. The third-order valence-electron chi connectivity index (χ3n) is 6.13. The Morgan fingerprint density at radius 3 is 2.21 bits per heavy atom. The van der Waals surface area contributed by atoms with E-state index >= 15 is 0 Å². The van der Waals surface area contributed by atoms with E-state index in [0.717, 1.165) is 12.0 Å². The number of unbranched alkanes of at least 4 members (excludes halogenated alkanes) is 7. The highest BCUT2D eigenvalue weighted by Gasteiger charge is 2.25. The molecule has 1 atom stereocenters. The average molecular weight is 529 g/mol. The van der Waals surface area contributed by atoms with E-state index in [1.807, 2.05) is 26.0 Å². The molecular weight excluding hydrogens is 480 g/mol. The summed E-state index contributed by atoms with van der Waals surface area (Å²) in [6, 6.07) is 7.54. The number of amides is 2. The van der Waals surface area contributed by atoms with Crippen LogP contribution in [0.3, 0.4) is 0 Å². The van der Waals surface area contributed by atoms with Crippen molar-refractivity contribution >= 4 is 12.0 Å². The van der Waals surface area contributed by atoms with Crippen LogP contribution >= 0.6 is 0 Å². The van der Waals surface area contributed by atoms with Gasteiger partial charge in [-0.25, -0.2) is 4.79 Å². The van der Waals surface area contributed by atoms with Gasteiger partial charge in [0, 0.05) is 5.56 Å². The van der Waals surface area contributed by atoms with E-state index in [-0.39, 0.29) is 18.4 Å². The number of hydrogen-bond donors (Lipinski definition) is 2. The highest BCUT2D eigenvalue weighted by Crippen LogP contribution is 2.18. The van der Waals surface area contributed by atoms with Crippen molar-refractivity contribution in [2.45, 2.75) is 124 Å². The molecule has 2 rings (SSSR count). The monoisotopic (exact) mass is 528 g/mol. The number of aryl methyl sites for hydroxylation is 1. The van der Waals surface area contributed by atoms with Crippen LogP contribution in [0.25, 0.3) is 11.4 Å². The molecule has 0 bridgehead atoms. The second-order valence-corrected chi connectivity index (χ2v) is 11.5. The summed E-state index contributed by atoms with van der Waals surface area (Å²) in [5.74, 6) is 0.666. The van der Waals surface area contributed by atoms with Gasteiger partial charge in [0.25, 0.3) is 0 Å². The minimum atomic E-state index is -0.721. The van der Waals surface area contributed by atoms with Gasteiger partial charge in [-0.1, -0.05) is 95.1 Å². The molecule has 0 radical (unpaired) electrons. The first kappa shape index (κ1) is 31.3. The van der Waals surface area contributed by atoms with E-state index in [1.165, 1.54) is 56.9 Å². The van der Waals surface area contributed by atoms with Crippen molar-refractivity contribution in [1.82, 2.24) is 20.8 Å². The van der Waals surface area contributed by atoms with Gasteiger partial charge in [0.15, 0.2) is 0 Å². The predicted molar refractivity (Wildman–Crippen MR) is 151 cm³/mol. The Kier molecular flexibility index (Phi) is 13.3. The first-order valence-corrected chi connectivity index (χ1v) is 14.3. The molecule has 2 amide bonds. The fourth-order valence-corrected chi connectivity index (χ4v) is 4.17. The van der Waals surface area contributed by atoms with Gasteiger partial charge in [-0.2, -0.15) is 4.98 Å². The lowest BCUT2D eigenvalue weighted by atomic mass is 10.0. The van der Waals surface area contributed by atoms with Crippen LogP contribution < -0.4 is 10.6 Å². The summed E-state index contributed by atoms with van der Waals surface area (Å²) < 4.78 is 10.6. The van der Waals surface area contributed by atoms with Gasteiger partial charge in [0.1, 0.15) is 11.6 Å². The lowest BCUT2D eigenvalue weighted by molar-refractivity contribution is -0.123. The number of carbonyl (C=O) groups is 2. The zero-order valence-corrected chi connectivity index (χ0v) is 24.3. The van der Waals surface area contributed by atoms with E-state index < -0.39 is 17.7 Å². The van der Waals surface area contributed by atoms with Crippen molar-refractivity contribution in [2.24, 2.45) is 5.92 Å². The van der Waals surface area contributed by atoms with Crippen LogP contribution in [0.4, 0.5) is 4.79 Å². The van der Waals surface area contributed by atoms with Crippen molar-refractivity contribution in [3.8, 4) is 11.4 Å². The van der Waals surface area contributed by atoms with Crippen molar-refractivity contribution < 1.29 is 18.8 Å². The quantitative estimate of drug-likeness (QED) is 0.228. The Morgan fingerprint density at radius 1 is 0.974 bits per heavy atom. The third kappa shape index (κ3) is 12.6. The first-order chi connectivity index (χ1) is 18.1. The molecule has 2 aromatic rings. The molecule has 0 aliphatic rings. The molecule has 0 unspecified atom stereocenters. The van der Waals surface area contributed by atoms with Gasteiger partial charge < -0.3 is 19.9 Å². The first-order valence-electron chi connectivity index (χ1n) is 14.3. The van der Waals surface area contributed by atoms with Crippen molar-refractivity contribution in [2.75, 3.05) is 0 Å². The van der Waals surface area contributed by atoms with Crippen LogP contribution in [0.15, 0.2) is 28.8 Å². The molecule has 0 saturated carbocycles. The summed E-state index contributed by atoms with van der Waals surface area (Å²) in [5.41, 5.74) is 1.54. The lowest BCUT2D eigenvalue weighted by Gasteiger charge is -2.24. The van der Waals surface area contributed by atoms with Crippen molar-refractivity contribution in [1.29, 1.82) is 0 Å². The standard InChI is InChI=1S/C30H48N4O4/c1-7-8-9-10-11-12-13-14-15-23-16-18-24(19-17-23)27-33-26(38-34-27)21-31-28(35)25(20-22(2)3)32-29(36)37-30(4,5)6/h16-19,22,25H,7-15,20-21H2,1-6H3,(H,31,35)(H,32,36)/t25-/m0/s1. The molecule has 0 fully saturated rings. The molecule has 0 aliphatic carbocycles. The van der Waals surface area contributed by atoms with Crippen LogP contribution in [0, 0.1) is 5.92 Å². The van der Waals surface area contributed by atoms with Gasteiger partial charge in [0.2, 0.25) is 17.6 Å². The molecule has 1 aromatic carbocycles. The Labute approximate surface area is 228 Å². The maximum Gasteiger partial charge on any atom is 0.408 e. The summed E-state index contributed by atoms with van der Waals surface area (Å²) in [5, 5.41) is 9.52. The fraction of sp³-hybridized carbons (Fsp3) is 0.667. The highest BCUT2D eigenvalue weighted by molar-refractivity contribution is 5.85. The van der Waals surface area contributed by atoms with E-state index in [1.54, 1.807) is 20.8 Å². The molecule has 38 heavy (non-hydrogen) atoms. The molecule has 8 nitrogen and oxygen atoms in total. The normalized spacial score (nSPS) is 12.4. The SMILES string of the molecule is CCCCCCCCCCc1ccc(-c2noc(CNC(=O)[C@H](CC(C)C)NC(=O)OC(C)(C)C)n2)cc1. The number of nitrogens with one attached hydrogen (secondary N) is 2. The van der Waals surface area contributed by atoms with E-state index in [9.17, 15) is 9.59 Å². The van der Waals surface area contributed by atoms with Gasteiger partial charge in [0.05, 0.1) is 6.54 Å². The lowest BCUT2D eigenvalue weighted by Crippen LogP contribution is -2.48. The molecule has 2 N–H and O–H groups in total. The maximum absolute atomic E-state index is 12.8. The number of nitrogens with zero attached hydrogens (tertiary/aromatic N) is 2. The number of ether oxygens (including phenoxy) is 1. The summed E-state index contributed by atoms with van der Waals surface area (Å²) >= 11 is 0. The molecule has 0 spiro atoms. The minimum Gasteiger partial charge on any atom is -0.444 e. The number of benzene rings is 1. The van der Waals surface area contributed by atoms with Crippen LogP contribution in [0.2, 0.25) is 0 Å². The number of carbonyl (C=O) groups excluding carboxylic acids is 2. The average Bonchev–Trinajstić information content (AvgIpc) is 3.32. The number of aromatic nitrogens is 2. The Balaban J connectivity index is 1.81. The predicted octanol–water partition coefficient (Wildman–Crippen LogP) is 6.98. The molecule has 0 saturated heterocycles. The summed E-state index contributed by atoms with van der Waals surface area (Å²) in [7, 11) is 0. The summed E-state index contributed by atoms with van der Waals surface area (Å²) in [6.45, 7) is 11.6. The number of rotatable bonds is 16. The Morgan fingerprint density at radius 2 is 1.61 bits per heavy atom. The van der Waals surface area contributed by atoms with Crippen LogP contribution in [-0.4, -0.2) is 33.8 Å². The van der Waals surface area contributed by atoms with Crippen LogP contribution in [0.5, 0.6) is 0 Å². The van der Waals surface area contributed by atoms with Gasteiger partial charge in [-0.15, -0.1) is 0 Å². The highest BCUT2D eigenvalue weighted by atomic mass is 16.6. The van der Waals surface area contributed by atoms with Gasteiger partial charge >= 0.3 is 6.09 Å². The van der Waals surface area contributed by atoms with Crippen molar-refractivity contribution in [3.05, 3.63) is 35.7 Å². The number of hydrogen-bond acceptors (Lipinski definition) is 6. The summed E-state index contributed by atoms with van der Waals surface area (Å²) in [4.78, 5) is 29.4. The molecule has 1 heterocycles.